The number of carbonyl (C=O) groups excluding carboxylic acids is 1. The maximum Gasteiger partial charge on any atom is 0.243 e. The number of rotatable bonds is 5. The van der Waals surface area contributed by atoms with Gasteiger partial charge in [0.05, 0.1) is 4.90 Å². The molecular formula is C19H28ClN3O3S. The number of aryl methyl sites for hydroxylation is 1. The second-order valence-electron chi connectivity index (χ2n) is 7.03. The van der Waals surface area contributed by atoms with Crippen molar-refractivity contribution < 1.29 is 13.2 Å². The Bertz CT molecular complexity index is 770. The van der Waals surface area contributed by atoms with E-state index in [1.54, 1.807) is 12.1 Å². The largest absolute Gasteiger partial charge is 0.352 e. The van der Waals surface area contributed by atoms with Crippen molar-refractivity contribution >= 4 is 28.3 Å². The van der Waals surface area contributed by atoms with E-state index >= 15 is 0 Å². The molecule has 1 fully saturated rings. The summed E-state index contributed by atoms with van der Waals surface area (Å²) in [6.07, 6.45) is 4.23. The highest BCUT2D eigenvalue weighted by Gasteiger charge is 2.32. The molecule has 2 heterocycles. The molecule has 0 spiro atoms. The fourth-order valence-electron chi connectivity index (χ4n) is 3.39. The summed E-state index contributed by atoms with van der Waals surface area (Å²) in [5.74, 6) is -0.0707. The molecule has 27 heavy (non-hydrogen) atoms. The Hall–Kier alpha value is -1.41. The number of sulfonamides is 1. The molecule has 150 valence electrons. The molecule has 2 aliphatic rings. The van der Waals surface area contributed by atoms with Gasteiger partial charge in [0.15, 0.2) is 0 Å². The van der Waals surface area contributed by atoms with Crippen LogP contribution in [0.2, 0.25) is 0 Å². The Labute approximate surface area is 167 Å². The van der Waals surface area contributed by atoms with E-state index in [0.29, 0.717) is 37.4 Å². The van der Waals surface area contributed by atoms with Gasteiger partial charge in [-0.25, -0.2) is 8.42 Å². The predicted molar refractivity (Wildman–Crippen MR) is 108 cm³/mol. The maximum atomic E-state index is 12.7. The monoisotopic (exact) mass is 413 g/mol. The Morgan fingerprint density at radius 1 is 1.22 bits per heavy atom. The van der Waals surface area contributed by atoms with Crippen molar-refractivity contribution in [3.05, 3.63) is 41.5 Å². The number of nitrogens with one attached hydrogen (secondary N) is 2. The molecule has 0 unspecified atom stereocenters. The van der Waals surface area contributed by atoms with Crippen LogP contribution in [-0.2, 0) is 14.8 Å². The Balaban J connectivity index is 0.00000261. The molecule has 1 amide bonds. The van der Waals surface area contributed by atoms with Crippen molar-refractivity contribution in [2.45, 2.75) is 31.1 Å². The van der Waals surface area contributed by atoms with E-state index < -0.39 is 10.0 Å². The molecule has 3 rings (SSSR count). The van der Waals surface area contributed by atoms with Gasteiger partial charge in [0.1, 0.15) is 0 Å². The fraction of sp³-hybridized carbons (Fsp3) is 0.526. The van der Waals surface area contributed by atoms with Gasteiger partial charge in [0.2, 0.25) is 15.9 Å². The van der Waals surface area contributed by atoms with Crippen LogP contribution < -0.4 is 10.6 Å². The van der Waals surface area contributed by atoms with Gasteiger partial charge in [-0.15, -0.1) is 12.4 Å². The third kappa shape index (κ3) is 5.54. The first-order valence-electron chi connectivity index (χ1n) is 9.20. The second-order valence-corrected chi connectivity index (χ2v) is 8.96. The minimum absolute atomic E-state index is 0. The van der Waals surface area contributed by atoms with E-state index in [4.69, 9.17) is 0 Å². The van der Waals surface area contributed by atoms with Gasteiger partial charge in [-0.1, -0.05) is 29.3 Å². The average molecular weight is 414 g/mol. The molecule has 2 aliphatic heterocycles. The van der Waals surface area contributed by atoms with Gasteiger partial charge >= 0.3 is 0 Å². The van der Waals surface area contributed by atoms with Crippen LogP contribution in [0.1, 0.15) is 24.8 Å². The van der Waals surface area contributed by atoms with E-state index in [0.717, 1.165) is 25.1 Å². The number of halogens is 1. The van der Waals surface area contributed by atoms with E-state index in [-0.39, 0.29) is 24.2 Å². The Morgan fingerprint density at radius 3 is 2.48 bits per heavy atom. The lowest BCUT2D eigenvalue weighted by molar-refractivity contribution is -0.125. The molecule has 0 radical (unpaired) electrons. The fourth-order valence-corrected chi connectivity index (χ4v) is 4.86. The van der Waals surface area contributed by atoms with Crippen molar-refractivity contribution in [2.75, 3.05) is 32.7 Å². The molecule has 0 atom stereocenters. The quantitative estimate of drug-likeness (QED) is 0.722. The van der Waals surface area contributed by atoms with Gasteiger partial charge in [-0.2, -0.15) is 4.31 Å². The summed E-state index contributed by atoms with van der Waals surface area (Å²) < 4.78 is 26.9. The Kier molecular flexibility index (Phi) is 7.85. The Morgan fingerprint density at radius 2 is 1.89 bits per heavy atom. The zero-order valence-corrected chi connectivity index (χ0v) is 17.2. The highest BCUT2D eigenvalue weighted by atomic mass is 35.5. The number of piperidine rings is 1. The molecule has 0 saturated carbocycles. The standard InChI is InChI=1S/C19H27N3O3S.ClH/c1-15-2-4-18(5-3-15)26(24,25)22-12-8-17(9-13-22)19(23)21-14-16-6-10-20-11-7-16;/h2-6,17,20H,7-14H2,1H3,(H,21,23);1H. The normalized spacial score (nSPS) is 19.1. The topological polar surface area (TPSA) is 78.5 Å². The third-order valence-electron chi connectivity index (χ3n) is 5.13. The number of hydrogen-bond acceptors (Lipinski definition) is 4. The summed E-state index contributed by atoms with van der Waals surface area (Å²) in [6.45, 7) is 5.13. The van der Waals surface area contributed by atoms with Crippen LogP contribution in [0.4, 0.5) is 0 Å². The lowest BCUT2D eigenvalue weighted by Crippen LogP contribution is -2.43. The van der Waals surface area contributed by atoms with Crippen molar-refractivity contribution in [3.8, 4) is 0 Å². The summed E-state index contributed by atoms with van der Waals surface area (Å²) in [7, 11) is -3.47. The molecule has 1 aromatic rings. The molecule has 1 aromatic carbocycles. The minimum atomic E-state index is -3.47. The SMILES string of the molecule is Cc1ccc(S(=O)(=O)N2CCC(C(=O)NCC3=CCNCC3)CC2)cc1.Cl. The van der Waals surface area contributed by atoms with Crippen LogP contribution in [0.25, 0.3) is 0 Å². The molecule has 6 nitrogen and oxygen atoms in total. The number of benzene rings is 1. The highest BCUT2D eigenvalue weighted by Crippen LogP contribution is 2.24. The van der Waals surface area contributed by atoms with Gasteiger partial charge in [-0.3, -0.25) is 4.79 Å². The van der Waals surface area contributed by atoms with Crippen LogP contribution in [0.15, 0.2) is 40.8 Å². The van der Waals surface area contributed by atoms with E-state index in [1.165, 1.54) is 9.88 Å². The molecule has 2 N–H and O–H groups in total. The van der Waals surface area contributed by atoms with E-state index in [9.17, 15) is 13.2 Å². The smallest absolute Gasteiger partial charge is 0.243 e. The summed E-state index contributed by atoms with van der Waals surface area (Å²) in [4.78, 5) is 12.7. The minimum Gasteiger partial charge on any atom is -0.352 e. The lowest BCUT2D eigenvalue weighted by Gasteiger charge is -2.30. The first kappa shape index (κ1) is 21.9. The van der Waals surface area contributed by atoms with Crippen molar-refractivity contribution in [2.24, 2.45) is 5.92 Å². The molecule has 0 aliphatic carbocycles. The van der Waals surface area contributed by atoms with E-state index in [1.807, 2.05) is 19.1 Å². The number of hydrogen-bond donors (Lipinski definition) is 2. The third-order valence-corrected chi connectivity index (χ3v) is 7.04. The predicted octanol–water partition coefficient (Wildman–Crippen LogP) is 1.85. The number of nitrogens with zero attached hydrogens (tertiary/aromatic N) is 1. The van der Waals surface area contributed by atoms with Crippen LogP contribution in [0.3, 0.4) is 0 Å². The zero-order valence-electron chi connectivity index (χ0n) is 15.6. The molecule has 0 aromatic heterocycles. The van der Waals surface area contributed by atoms with Crippen molar-refractivity contribution in [1.82, 2.24) is 14.9 Å². The number of amides is 1. The maximum absolute atomic E-state index is 12.7. The van der Waals surface area contributed by atoms with Gasteiger partial charge < -0.3 is 10.6 Å². The van der Waals surface area contributed by atoms with Crippen molar-refractivity contribution in [3.63, 3.8) is 0 Å². The average Bonchev–Trinajstić information content (AvgIpc) is 2.67. The first-order chi connectivity index (χ1) is 12.5. The van der Waals surface area contributed by atoms with Crippen molar-refractivity contribution in [1.29, 1.82) is 0 Å². The van der Waals surface area contributed by atoms with Crippen LogP contribution in [0.5, 0.6) is 0 Å². The summed E-state index contributed by atoms with van der Waals surface area (Å²) in [6, 6.07) is 6.91. The highest BCUT2D eigenvalue weighted by molar-refractivity contribution is 7.89. The molecule has 1 saturated heterocycles. The molecule has 0 bridgehead atoms. The number of carbonyl (C=O) groups is 1. The molecule has 8 heteroatoms. The second kappa shape index (κ2) is 9.68. The van der Waals surface area contributed by atoms with Gasteiger partial charge in [0, 0.05) is 32.1 Å². The zero-order chi connectivity index (χ0) is 18.6. The first-order valence-corrected chi connectivity index (χ1v) is 10.6. The molecular weight excluding hydrogens is 386 g/mol. The summed E-state index contributed by atoms with van der Waals surface area (Å²) >= 11 is 0. The van der Waals surface area contributed by atoms with Gasteiger partial charge in [-0.05, 0) is 44.9 Å². The van der Waals surface area contributed by atoms with E-state index in [2.05, 4.69) is 16.7 Å². The summed E-state index contributed by atoms with van der Waals surface area (Å²) in [5.41, 5.74) is 2.29. The van der Waals surface area contributed by atoms with Crippen LogP contribution >= 0.6 is 12.4 Å². The summed E-state index contributed by atoms with van der Waals surface area (Å²) in [5, 5.41) is 6.26. The lowest BCUT2D eigenvalue weighted by atomic mass is 9.97. The van der Waals surface area contributed by atoms with Crippen LogP contribution in [0, 0.1) is 12.8 Å². The van der Waals surface area contributed by atoms with Gasteiger partial charge in [0.25, 0.3) is 0 Å². The van der Waals surface area contributed by atoms with Crippen LogP contribution in [-0.4, -0.2) is 51.4 Å².